The van der Waals surface area contributed by atoms with Crippen LogP contribution >= 0.6 is 11.8 Å². The molecule has 1 saturated carbocycles. The molecule has 1 rings (SSSR count). The maximum Gasteiger partial charge on any atom is 0.316 e. The van der Waals surface area contributed by atoms with Crippen LogP contribution in [0.25, 0.3) is 0 Å². The molecule has 0 bridgehead atoms. The van der Waals surface area contributed by atoms with E-state index in [1.54, 1.807) is 11.8 Å². The van der Waals surface area contributed by atoms with Crippen molar-refractivity contribution in [3.05, 3.63) is 0 Å². The highest BCUT2D eigenvalue weighted by molar-refractivity contribution is 8.00. The summed E-state index contributed by atoms with van der Waals surface area (Å²) >= 11 is 1.75. The van der Waals surface area contributed by atoms with Gasteiger partial charge in [-0.15, -0.1) is 11.8 Å². The van der Waals surface area contributed by atoms with Gasteiger partial charge in [-0.1, -0.05) is 6.92 Å². The molecule has 3 unspecified atom stereocenters. The van der Waals surface area contributed by atoms with Crippen molar-refractivity contribution >= 4 is 17.7 Å². The molecule has 0 saturated heterocycles. The van der Waals surface area contributed by atoms with E-state index in [2.05, 4.69) is 12.2 Å². The smallest absolute Gasteiger partial charge is 0.316 e. The van der Waals surface area contributed by atoms with Crippen LogP contribution in [-0.2, 0) is 9.53 Å². The zero-order chi connectivity index (χ0) is 13.1. The molecule has 0 heterocycles. The van der Waals surface area contributed by atoms with E-state index in [0.717, 1.165) is 0 Å². The molecule has 0 aliphatic heterocycles. The van der Waals surface area contributed by atoms with Gasteiger partial charge in [-0.2, -0.15) is 0 Å². The van der Waals surface area contributed by atoms with E-state index in [1.165, 1.54) is 12.8 Å². The Labute approximate surface area is 109 Å². The average Bonchev–Trinajstić information content (AvgIpc) is 2.54. The van der Waals surface area contributed by atoms with Crippen molar-refractivity contribution in [3.63, 3.8) is 0 Å². The summed E-state index contributed by atoms with van der Waals surface area (Å²) in [6.45, 7) is 7.99. The second-order valence-corrected chi connectivity index (χ2v) is 7.00. The first-order chi connectivity index (χ1) is 7.83. The van der Waals surface area contributed by atoms with Gasteiger partial charge in [0, 0.05) is 11.3 Å². The summed E-state index contributed by atoms with van der Waals surface area (Å²) in [7, 11) is 2.02. The van der Waals surface area contributed by atoms with Gasteiger partial charge in [0.15, 0.2) is 0 Å². The van der Waals surface area contributed by atoms with Crippen LogP contribution in [-0.4, -0.2) is 35.7 Å². The lowest BCUT2D eigenvalue weighted by atomic mass is 10.1. The number of rotatable bonds is 4. The Morgan fingerprint density at radius 3 is 2.53 bits per heavy atom. The zero-order valence-electron chi connectivity index (χ0n) is 11.6. The molecule has 1 N–H and O–H groups in total. The summed E-state index contributed by atoms with van der Waals surface area (Å²) in [5.41, 5.74) is -0.369. The van der Waals surface area contributed by atoms with Crippen molar-refractivity contribution in [2.24, 2.45) is 5.92 Å². The lowest BCUT2D eigenvalue weighted by Crippen LogP contribution is -2.30. The molecule has 0 aromatic rings. The van der Waals surface area contributed by atoms with Crippen molar-refractivity contribution in [2.45, 2.75) is 57.4 Å². The molecule has 0 amide bonds. The standard InChI is InChI=1S/C13H25NO2S/c1-9-10(14-5)6-7-11(9)17-8-12(15)16-13(2,3)4/h9-11,14H,6-8H2,1-5H3. The summed E-state index contributed by atoms with van der Waals surface area (Å²) in [6.07, 6.45) is 2.41. The van der Waals surface area contributed by atoms with Crippen LogP contribution in [0, 0.1) is 5.92 Å². The van der Waals surface area contributed by atoms with Gasteiger partial charge in [0.25, 0.3) is 0 Å². The van der Waals surface area contributed by atoms with Gasteiger partial charge in [-0.25, -0.2) is 0 Å². The number of esters is 1. The molecule has 0 aromatic heterocycles. The van der Waals surface area contributed by atoms with Gasteiger partial charge in [0.2, 0.25) is 0 Å². The fourth-order valence-electron chi connectivity index (χ4n) is 2.32. The van der Waals surface area contributed by atoms with Crippen molar-refractivity contribution in [1.82, 2.24) is 5.32 Å². The van der Waals surface area contributed by atoms with Gasteiger partial charge in [-0.05, 0) is 46.6 Å². The van der Waals surface area contributed by atoms with Crippen LogP contribution in [0.1, 0.15) is 40.5 Å². The summed E-state index contributed by atoms with van der Waals surface area (Å²) in [5, 5.41) is 3.92. The van der Waals surface area contributed by atoms with Gasteiger partial charge < -0.3 is 10.1 Å². The summed E-state index contributed by atoms with van der Waals surface area (Å²) in [4.78, 5) is 11.6. The molecule has 0 radical (unpaired) electrons. The second-order valence-electron chi connectivity index (χ2n) is 5.77. The van der Waals surface area contributed by atoms with Gasteiger partial charge in [0.05, 0.1) is 5.75 Å². The fraction of sp³-hybridized carbons (Fsp3) is 0.923. The Hall–Kier alpha value is -0.220. The molecule has 1 aliphatic rings. The lowest BCUT2D eigenvalue weighted by Gasteiger charge is -2.22. The monoisotopic (exact) mass is 259 g/mol. The Morgan fingerprint density at radius 2 is 2.06 bits per heavy atom. The first-order valence-electron chi connectivity index (χ1n) is 6.34. The van der Waals surface area contributed by atoms with Crippen molar-refractivity contribution in [1.29, 1.82) is 0 Å². The van der Waals surface area contributed by atoms with Gasteiger partial charge in [0.1, 0.15) is 5.60 Å². The third-order valence-electron chi connectivity index (χ3n) is 3.19. The highest BCUT2D eigenvalue weighted by atomic mass is 32.2. The third kappa shape index (κ3) is 4.88. The molecule has 4 heteroatoms. The first-order valence-corrected chi connectivity index (χ1v) is 7.39. The maximum absolute atomic E-state index is 11.6. The minimum absolute atomic E-state index is 0.0948. The largest absolute Gasteiger partial charge is 0.459 e. The molecule has 3 atom stereocenters. The summed E-state index contributed by atoms with van der Waals surface area (Å²) in [6, 6.07) is 0.603. The van der Waals surface area contributed by atoms with E-state index in [4.69, 9.17) is 4.74 Å². The van der Waals surface area contributed by atoms with Crippen LogP contribution in [0.3, 0.4) is 0 Å². The van der Waals surface area contributed by atoms with E-state index < -0.39 is 0 Å². The average molecular weight is 259 g/mol. The molecular formula is C13H25NO2S. The molecule has 0 spiro atoms. The van der Waals surface area contributed by atoms with Crippen molar-refractivity contribution in [3.8, 4) is 0 Å². The topological polar surface area (TPSA) is 38.3 Å². The van der Waals surface area contributed by atoms with Crippen LogP contribution in [0.5, 0.6) is 0 Å². The maximum atomic E-state index is 11.6. The quantitative estimate of drug-likeness (QED) is 0.787. The van der Waals surface area contributed by atoms with Crippen LogP contribution in [0.2, 0.25) is 0 Å². The van der Waals surface area contributed by atoms with E-state index in [0.29, 0.717) is 23.0 Å². The third-order valence-corrected chi connectivity index (χ3v) is 4.68. The molecule has 1 aliphatic carbocycles. The van der Waals surface area contributed by atoms with Crippen LogP contribution in [0.15, 0.2) is 0 Å². The Balaban J connectivity index is 2.30. The number of carbonyl (C=O) groups excluding carboxylic acids is 1. The second kappa shape index (κ2) is 6.10. The van der Waals surface area contributed by atoms with Crippen molar-refractivity contribution in [2.75, 3.05) is 12.8 Å². The molecule has 3 nitrogen and oxygen atoms in total. The van der Waals surface area contributed by atoms with Crippen molar-refractivity contribution < 1.29 is 9.53 Å². The number of hydrogen-bond donors (Lipinski definition) is 1. The van der Waals surface area contributed by atoms with E-state index in [9.17, 15) is 4.79 Å². The lowest BCUT2D eigenvalue weighted by molar-refractivity contribution is -0.151. The summed E-state index contributed by atoms with van der Waals surface area (Å²) in [5.74, 6) is 1.01. The molecule has 100 valence electrons. The number of carbonyl (C=O) groups is 1. The van der Waals surface area contributed by atoms with Crippen LogP contribution in [0.4, 0.5) is 0 Å². The number of nitrogens with one attached hydrogen (secondary N) is 1. The van der Waals surface area contributed by atoms with E-state index >= 15 is 0 Å². The van der Waals surface area contributed by atoms with E-state index in [1.807, 2.05) is 27.8 Å². The minimum Gasteiger partial charge on any atom is -0.459 e. The SMILES string of the molecule is CNC1CCC(SCC(=O)OC(C)(C)C)C1C. The molecule has 0 aromatic carbocycles. The first kappa shape index (κ1) is 14.8. The minimum atomic E-state index is -0.369. The predicted octanol–water partition coefficient (Wildman–Crippen LogP) is 2.45. The van der Waals surface area contributed by atoms with Gasteiger partial charge in [-0.3, -0.25) is 4.79 Å². The highest BCUT2D eigenvalue weighted by Crippen LogP contribution is 2.35. The summed E-state index contributed by atoms with van der Waals surface area (Å²) < 4.78 is 5.31. The molecule has 17 heavy (non-hydrogen) atoms. The van der Waals surface area contributed by atoms with Crippen LogP contribution < -0.4 is 5.32 Å². The fourth-order valence-corrected chi connectivity index (χ4v) is 3.52. The number of thioether (sulfide) groups is 1. The zero-order valence-corrected chi connectivity index (χ0v) is 12.4. The normalized spacial score (nSPS) is 29.4. The molecular weight excluding hydrogens is 234 g/mol. The molecule has 1 fully saturated rings. The highest BCUT2D eigenvalue weighted by Gasteiger charge is 2.32. The Kier molecular flexibility index (Phi) is 5.32. The Bertz CT molecular complexity index is 263. The number of hydrogen-bond acceptors (Lipinski definition) is 4. The van der Waals surface area contributed by atoms with Gasteiger partial charge >= 0.3 is 5.97 Å². The Morgan fingerprint density at radius 1 is 1.41 bits per heavy atom. The van der Waals surface area contributed by atoms with E-state index in [-0.39, 0.29) is 11.6 Å². The number of ether oxygens (including phenoxy) is 1. The predicted molar refractivity (Wildman–Crippen MR) is 73.3 cm³/mol.